The highest BCUT2D eigenvalue weighted by Crippen LogP contribution is 2.13. The van der Waals surface area contributed by atoms with Crippen LogP contribution in [0.3, 0.4) is 0 Å². The van der Waals surface area contributed by atoms with Gasteiger partial charge < -0.3 is 15.1 Å². The number of amides is 2. The fraction of sp³-hybridized carbons (Fsp3) is 0.611. The van der Waals surface area contributed by atoms with Gasteiger partial charge in [-0.05, 0) is 52.0 Å². The molecule has 0 spiro atoms. The van der Waals surface area contributed by atoms with Crippen molar-refractivity contribution in [2.24, 2.45) is 0 Å². The minimum absolute atomic E-state index is 0.000887. The van der Waals surface area contributed by atoms with Crippen molar-refractivity contribution in [3.63, 3.8) is 0 Å². The second-order valence-electron chi connectivity index (χ2n) is 6.55. The third kappa shape index (κ3) is 5.60. The first-order valence-electron chi connectivity index (χ1n) is 8.76. The summed E-state index contributed by atoms with van der Waals surface area (Å²) in [6.45, 7) is 3.12. The molecule has 6 nitrogen and oxygen atoms in total. The molecule has 2 heterocycles. The number of nitrogens with one attached hydrogen (secondary N) is 1. The van der Waals surface area contributed by atoms with E-state index < -0.39 is 0 Å². The standard InChI is InChI=1S/C18H28N4O2/c1-21(2)11-7-9-20-17(23)16-14-15(8-10-19-16)18(24)22-12-5-3-4-6-13-22/h8,10,14H,3-7,9,11-13H2,1-2H3,(H,20,23). The van der Waals surface area contributed by atoms with Crippen LogP contribution in [0.15, 0.2) is 18.3 Å². The van der Waals surface area contributed by atoms with Crippen molar-refractivity contribution < 1.29 is 9.59 Å². The second kappa shape index (κ2) is 9.37. The van der Waals surface area contributed by atoms with E-state index in [1.807, 2.05) is 19.0 Å². The van der Waals surface area contributed by atoms with Crippen molar-refractivity contribution in [3.8, 4) is 0 Å². The topological polar surface area (TPSA) is 65.5 Å². The second-order valence-corrected chi connectivity index (χ2v) is 6.55. The molecular formula is C18H28N4O2. The van der Waals surface area contributed by atoms with Gasteiger partial charge in [0.15, 0.2) is 0 Å². The van der Waals surface area contributed by atoms with E-state index in [0.29, 0.717) is 17.8 Å². The number of nitrogens with zero attached hydrogens (tertiary/aromatic N) is 3. The van der Waals surface area contributed by atoms with Crippen LogP contribution in [0.2, 0.25) is 0 Å². The SMILES string of the molecule is CN(C)CCCNC(=O)c1cc(C(=O)N2CCCCCC2)ccn1. The number of carbonyl (C=O) groups is 2. The van der Waals surface area contributed by atoms with Crippen molar-refractivity contribution in [2.75, 3.05) is 40.3 Å². The summed E-state index contributed by atoms with van der Waals surface area (Å²) in [5.41, 5.74) is 0.853. The molecule has 6 heteroatoms. The fourth-order valence-electron chi connectivity index (χ4n) is 2.83. The zero-order valence-corrected chi connectivity index (χ0v) is 14.8. The quantitative estimate of drug-likeness (QED) is 0.807. The van der Waals surface area contributed by atoms with Crippen molar-refractivity contribution in [1.29, 1.82) is 0 Å². The summed E-state index contributed by atoms with van der Waals surface area (Å²) >= 11 is 0. The van der Waals surface area contributed by atoms with Crippen LogP contribution in [0, 0.1) is 0 Å². The number of hydrogen-bond donors (Lipinski definition) is 1. The van der Waals surface area contributed by atoms with Gasteiger partial charge in [-0.2, -0.15) is 0 Å². The molecule has 132 valence electrons. The molecular weight excluding hydrogens is 304 g/mol. The summed E-state index contributed by atoms with van der Waals surface area (Å²) in [4.78, 5) is 32.9. The third-order valence-electron chi connectivity index (χ3n) is 4.20. The zero-order chi connectivity index (χ0) is 17.4. The van der Waals surface area contributed by atoms with Gasteiger partial charge in [-0.1, -0.05) is 12.8 Å². The molecule has 2 rings (SSSR count). The summed E-state index contributed by atoms with van der Waals surface area (Å²) in [6, 6.07) is 3.30. The Bertz CT molecular complexity index is 552. The Hall–Kier alpha value is -1.95. The molecule has 0 unspecified atom stereocenters. The Morgan fingerprint density at radius 2 is 1.92 bits per heavy atom. The van der Waals surface area contributed by atoms with Crippen LogP contribution in [-0.4, -0.2) is 66.9 Å². The molecule has 0 radical (unpaired) electrons. The molecule has 0 aliphatic carbocycles. The highest BCUT2D eigenvalue weighted by molar-refractivity contribution is 5.98. The molecule has 1 aromatic rings. The molecule has 1 aliphatic rings. The van der Waals surface area contributed by atoms with E-state index in [2.05, 4.69) is 15.2 Å². The largest absolute Gasteiger partial charge is 0.351 e. The molecule has 0 atom stereocenters. The monoisotopic (exact) mass is 332 g/mol. The molecule has 0 saturated carbocycles. The molecule has 0 bridgehead atoms. The fourth-order valence-corrected chi connectivity index (χ4v) is 2.83. The summed E-state index contributed by atoms with van der Waals surface area (Å²) in [6.07, 6.45) is 6.89. The van der Waals surface area contributed by atoms with Gasteiger partial charge in [-0.3, -0.25) is 14.6 Å². The Morgan fingerprint density at radius 3 is 2.58 bits per heavy atom. The minimum atomic E-state index is -0.223. The van der Waals surface area contributed by atoms with E-state index in [1.54, 1.807) is 18.3 Å². The van der Waals surface area contributed by atoms with Gasteiger partial charge in [0.05, 0.1) is 0 Å². The van der Waals surface area contributed by atoms with E-state index in [9.17, 15) is 9.59 Å². The normalized spacial score (nSPS) is 15.2. The van der Waals surface area contributed by atoms with Gasteiger partial charge >= 0.3 is 0 Å². The summed E-state index contributed by atoms with van der Waals surface area (Å²) in [5, 5.41) is 2.86. The molecule has 24 heavy (non-hydrogen) atoms. The van der Waals surface area contributed by atoms with Gasteiger partial charge in [-0.25, -0.2) is 0 Å². The first kappa shape index (κ1) is 18.4. The predicted octanol–water partition coefficient (Wildman–Crippen LogP) is 1.78. The van der Waals surface area contributed by atoms with Crippen LogP contribution < -0.4 is 5.32 Å². The molecule has 1 fully saturated rings. The van der Waals surface area contributed by atoms with E-state index in [4.69, 9.17) is 0 Å². The summed E-state index contributed by atoms with van der Waals surface area (Å²) in [5.74, 6) is -0.222. The predicted molar refractivity (Wildman–Crippen MR) is 94.1 cm³/mol. The lowest BCUT2D eigenvalue weighted by Gasteiger charge is -2.20. The Morgan fingerprint density at radius 1 is 1.21 bits per heavy atom. The maximum Gasteiger partial charge on any atom is 0.269 e. The maximum absolute atomic E-state index is 12.6. The maximum atomic E-state index is 12.6. The number of likely N-dealkylation sites (tertiary alicyclic amines) is 1. The highest BCUT2D eigenvalue weighted by Gasteiger charge is 2.18. The van der Waals surface area contributed by atoms with Crippen LogP contribution in [0.4, 0.5) is 0 Å². The molecule has 1 aliphatic heterocycles. The average Bonchev–Trinajstić information content (AvgIpc) is 2.87. The van der Waals surface area contributed by atoms with E-state index >= 15 is 0 Å². The lowest BCUT2D eigenvalue weighted by Crippen LogP contribution is -2.32. The van der Waals surface area contributed by atoms with E-state index in [1.165, 1.54) is 12.8 Å². The number of pyridine rings is 1. The molecule has 1 saturated heterocycles. The Balaban J connectivity index is 1.94. The Kier molecular flexibility index (Phi) is 7.18. The van der Waals surface area contributed by atoms with E-state index in [0.717, 1.165) is 38.9 Å². The van der Waals surface area contributed by atoms with Gasteiger partial charge in [0.2, 0.25) is 0 Å². The zero-order valence-electron chi connectivity index (χ0n) is 14.8. The van der Waals surface area contributed by atoms with Crippen LogP contribution in [-0.2, 0) is 0 Å². The van der Waals surface area contributed by atoms with Gasteiger partial charge in [0, 0.05) is 31.4 Å². The first-order valence-corrected chi connectivity index (χ1v) is 8.76. The smallest absolute Gasteiger partial charge is 0.269 e. The van der Waals surface area contributed by atoms with Crippen molar-refractivity contribution >= 4 is 11.8 Å². The number of hydrogen-bond acceptors (Lipinski definition) is 4. The van der Waals surface area contributed by atoms with Crippen LogP contribution in [0.1, 0.15) is 53.0 Å². The van der Waals surface area contributed by atoms with Crippen LogP contribution in [0.5, 0.6) is 0 Å². The summed E-state index contributed by atoms with van der Waals surface area (Å²) < 4.78 is 0. The lowest BCUT2D eigenvalue weighted by atomic mass is 10.2. The van der Waals surface area contributed by atoms with Crippen molar-refractivity contribution in [1.82, 2.24) is 20.1 Å². The molecule has 1 aromatic heterocycles. The highest BCUT2D eigenvalue weighted by atomic mass is 16.2. The third-order valence-corrected chi connectivity index (χ3v) is 4.20. The molecule has 0 aromatic carbocycles. The number of rotatable bonds is 6. The molecule has 1 N–H and O–H groups in total. The molecule has 2 amide bonds. The lowest BCUT2D eigenvalue weighted by molar-refractivity contribution is 0.0761. The van der Waals surface area contributed by atoms with E-state index in [-0.39, 0.29) is 11.8 Å². The average molecular weight is 332 g/mol. The van der Waals surface area contributed by atoms with Gasteiger partial charge in [0.25, 0.3) is 11.8 Å². The van der Waals surface area contributed by atoms with Gasteiger partial charge in [0.1, 0.15) is 5.69 Å². The number of aromatic nitrogens is 1. The van der Waals surface area contributed by atoms with Gasteiger partial charge in [-0.15, -0.1) is 0 Å². The number of carbonyl (C=O) groups excluding carboxylic acids is 2. The van der Waals surface area contributed by atoms with Crippen LogP contribution in [0.25, 0.3) is 0 Å². The summed E-state index contributed by atoms with van der Waals surface area (Å²) in [7, 11) is 4.00. The Labute approximate surface area is 144 Å². The van der Waals surface area contributed by atoms with Crippen LogP contribution >= 0.6 is 0 Å². The van der Waals surface area contributed by atoms with Crippen molar-refractivity contribution in [2.45, 2.75) is 32.1 Å². The minimum Gasteiger partial charge on any atom is -0.351 e. The van der Waals surface area contributed by atoms with Crippen molar-refractivity contribution in [3.05, 3.63) is 29.6 Å². The first-order chi connectivity index (χ1) is 11.6.